The number of carbonyl (C=O) groups is 1. The molecule has 1 atom stereocenters. The topological polar surface area (TPSA) is 29.5 Å². The SMILES string of the molecule is CC1CCCCCN1CC(=O)c1ccc2c(c1)CCO2. The zero-order chi connectivity index (χ0) is 13.9. The molecule has 0 saturated carbocycles. The maximum Gasteiger partial charge on any atom is 0.176 e. The van der Waals surface area contributed by atoms with Gasteiger partial charge in [-0.2, -0.15) is 0 Å². The Morgan fingerprint density at radius 2 is 2.25 bits per heavy atom. The molecule has 20 heavy (non-hydrogen) atoms. The Morgan fingerprint density at radius 3 is 3.15 bits per heavy atom. The van der Waals surface area contributed by atoms with Crippen LogP contribution in [0, 0.1) is 0 Å². The first-order chi connectivity index (χ1) is 9.74. The van der Waals surface area contributed by atoms with Crippen molar-refractivity contribution in [1.82, 2.24) is 4.90 Å². The number of likely N-dealkylation sites (tertiary alicyclic amines) is 1. The highest BCUT2D eigenvalue weighted by atomic mass is 16.5. The fraction of sp³-hybridized carbons (Fsp3) is 0.588. The van der Waals surface area contributed by atoms with Gasteiger partial charge in [0.15, 0.2) is 5.78 Å². The lowest BCUT2D eigenvalue weighted by Crippen LogP contribution is -2.37. The first-order valence-electron chi connectivity index (χ1n) is 7.77. The van der Waals surface area contributed by atoms with Crippen LogP contribution in [-0.2, 0) is 6.42 Å². The minimum Gasteiger partial charge on any atom is -0.493 e. The van der Waals surface area contributed by atoms with Gasteiger partial charge in [0.1, 0.15) is 5.75 Å². The molecule has 0 amide bonds. The van der Waals surface area contributed by atoms with Crippen molar-refractivity contribution in [3.05, 3.63) is 29.3 Å². The van der Waals surface area contributed by atoms with Gasteiger partial charge in [0, 0.05) is 18.0 Å². The van der Waals surface area contributed by atoms with Gasteiger partial charge in [-0.1, -0.05) is 12.8 Å². The fourth-order valence-corrected chi connectivity index (χ4v) is 3.21. The zero-order valence-electron chi connectivity index (χ0n) is 12.2. The number of rotatable bonds is 3. The summed E-state index contributed by atoms with van der Waals surface area (Å²) < 4.78 is 5.50. The number of carbonyl (C=O) groups excluding carboxylic acids is 1. The Bertz CT molecular complexity index is 498. The quantitative estimate of drug-likeness (QED) is 0.793. The van der Waals surface area contributed by atoms with Gasteiger partial charge in [0.05, 0.1) is 13.2 Å². The van der Waals surface area contributed by atoms with Crippen molar-refractivity contribution in [2.45, 2.75) is 45.1 Å². The van der Waals surface area contributed by atoms with Gasteiger partial charge >= 0.3 is 0 Å². The van der Waals surface area contributed by atoms with E-state index in [1.807, 2.05) is 18.2 Å². The molecule has 0 radical (unpaired) electrons. The Balaban J connectivity index is 1.69. The van der Waals surface area contributed by atoms with E-state index < -0.39 is 0 Å². The molecular weight excluding hydrogens is 250 g/mol. The smallest absolute Gasteiger partial charge is 0.176 e. The number of ether oxygens (including phenoxy) is 1. The minimum atomic E-state index is 0.244. The molecule has 3 rings (SSSR count). The molecule has 1 saturated heterocycles. The van der Waals surface area contributed by atoms with Crippen molar-refractivity contribution in [1.29, 1.82) is 0 Å². The molecule has 0 bridgehead atoms. The van der Waals surface area contributed by atoms with Crippen LogP contribution in [0.25, 0.3) is 0 Å². The Morgan fingerprint density at radius 1 is 1.35 bits per heavy atom. The van der Waals surface area contributed by atoms with Crippen molar-refractivity contribution in [3.8, 4) is 5.75 Å². The van der Waals surface area contributed by atoms with Crippen molar-refractivity contribution in [3.63, 3.8) is 0 Å². The lowest BCUT2D eigenvalue weighted by molar-refractivity contribution is 0.0901. The first kappa shape index (κ1) is 13.6. The van der Waals surface area contributed by atoms with Gasteiger partial charge < -0.3 is 4.74 Å². The second-order valence-corrected chi connectivity index (χ2v) is 6.01. The summed E-state index contributed by atoms with van der Waals surface area (Å²) in [4.78, 5) is 14.8. The van der Waals surface area contributed by atoms with Crippen LogP contribution >= 0.6 is 0 Å². The number of benzene rings is 1. The van der Waals surface area contributed by atoms with Gasteiger partial charge in [-0.25, -0.2) is 0 Å². The van der Waals surface area contributed by atoms with Crippen LogP contribution in [0.5, 0.6) is 5.75 Å². The largest absolute Gasteiger partial charge is 0.493 e. The molecule has 108 valence electrons. The summed E-state index contributed by atoms with van der Waals surface area (Å²) >= 11 is 0. The molecule has 0 spiro atoms. The van der Waals surface area contributed by atoms with Gasteiger partial charge in [-0.3, -0.25) is 9.69 Å². The van der Waals surface area contributed by atoms with E-state index in [2.05, 4.69) is 11.8 Å². The molecule has 1 fully saturated rings. The summed E-state index contributed by atoms with van der Waals surface area (Å²) in [6, 6.07) is 6.41. The third-order valence-electron chi connectivity index (χ3n) is 4.55. The van der Waals surface area contributed by atoms with E-state index in [1.165, 1.54) is 31.2 Å². The molecule has 0 N–H and O–H groups in total. The Kier molecular flexibility index (Phi) is 4.06. The van der Waals surface area contributed by atoms with Crippen molar-refractivity contribution in [2.24, 2.45) is 0 Å². The van der Waals surface area contributed by atoms with Gasteiger partial charge in [0.25, 0.3) is 0 Å². The molecule has 3 nitrogen and oxygen atoms in total. The average Bonchev–Trinajstić information content (AvgIpc) is 2.83. The monoisotopic (exact) mass is 273 g/mol. The van der Waals surface area contributed by atoms with Crippen LogP contribution < -0.4 is 4.74 Å². The third-order valence-corrected chi connectivity index (χ3v) is 4.55. The summed E-state index contributed by atoms with van der Waals surface area (Å²) in [5.74, 6) is 1.19. The molecular formula is C17H23NO2. The Labute approximate surface area is 120 Å². The molecule has 1 aromatic rings. The molecule has 2 heterocycles. The maximum atomic E-state index is 12.5. The van der Waals surface area contributed by atoms with E-state index in [-0.39, 0.29) is 5.78 Å². The van der Waals surface area contributed by atoms with E-state index in [0.29, 0.717) is 12.6 Å². The van der Waals surface area contributed by atoms with Gasteiger partial charge in [-0.15, -0.1) is 0 Å². The zero-order valence-corrected chi connectivity index (χ0v) is 12.2. The number of fused-ring (bicyclic) bond motifs is 1. The number of nitrogens with zero attached hydrogens (tertiary/aromatic N) is 1. The van der Waals surface area contributed by atoms with Crippen LogP contribution in [-0.4, -0.2) is 36.4 Å². The summed E-state index contributed by atoms with van der Waals surface area (Å²) in [7, 11) is 0. The van der Waals surface area contributed by atoms with Gasteiger partial charge in [-0.05, 0) is 50.1 Å². The lowest BCUT2D eigenvalue weighted by atomic mass is 10.0. The second kappa shape index (κ2) is 5.96. The molecule has 1 aromatic carbocycles. The van der Waals surface area contributed by atoms with Crippen LogP contribution in [0.4, 0.5) is 0 Å². The standard InChI is InChI=1S/C17H23NO2/c1-13-5-3-2-4-9-18(13)12-16(19)14-6-7-17-15(11-14)8-10-20-17/h6-7,11,13H,2-5,8-10,12H2,1H3. The summed E-state index contributed by atoms with van der Waals surface area (Å²) in [5.41, 5.74) is 2.02. The van der Waals surface area contributed by atoms with E-state index in [4.69, 9.17) is 4.74 Å². The highest BCUT2D eigenvalue weighted by Crippen LogP contribution is 2.26. The number of hydrogen-bond acceptors (Lipinski definition) is 3. The Hall–Kier alpha value is -1.35. The summed E-state index contributed by atoms with van der Waals surface area (Å²) in [5, 5.41) is 0. The molecule has 1 unspecified atom stereocenters. The fourth-order valence-electron chi connectivity index (χ4n) is 3.21. The highest BCUT2D eigenvalue weighted by molar-refractivity contribution is 5.98. The molecule has 3 heteroatoms. The average molecular weight is 273 g/mol. The first-order valence-corrected chi connectivity index (χ1v) is 7.77. The van der Waals surface area contributed by atoms with E-state index in [9.17, 15) is 4.79 Å². The second-order valence-electron chi connectivity index (χ2n) is 6.01. The predicted octanol–water partition coefficient (Wildman–Crippen LogP) is 3.07. The predicted molar refractivity (Wildman–Crippen MR) is 79.5 cm³/mol. The van der Waals surface area contributed by atoms with Crippen LogP contribution in [0.1, 0.15) is 48.5 Å². The van der Waals surface area contributed by atoms with E-state index in [0.717, 1.165) is 30.9 Å². The third kappa shape index (κ3) is 2.88. The number of Topliss-reactive ketones (excluding diaryl/α,β-unsaturated/α-hetero) is 1. The summed E-state index contributed by atoms with van der Waals surface area (Å²) in [6.07, 6.45) is 5.95. The van der Waals surface area contributed by atoms with Crippen molar-refractivity contribution >= 4 is 5.78 Å². The molecule has 0 aromatic heterocycles. The minimum absolute atomic E-state index is 0.244. The molecule has 0 aliphatic carbocycles. The molecule has 2 aliphatic rings. The van der Waals surface area contributed by atoms with Crippen LogP contribution in [0.2, 0.25) is 0 Å². The molecule has 2 aliphatic heterocycles. The van der Waals surface area contributed by atoms with Gasteiger partial charge in [0.2, 0.25) is 0 Å². The number of hydrogen-bond donors (Lipinski definition) is 0. The maximum absolute atomic E-state index is 12.5. The van der Waals surface area contributed by atoms with Crippen molar-refractivity contribution in [2.75, 3.05) is 19.7 Å². The number of ketones is 1. The summed E-state index contributed by atoms with van der Waals surface area (Å²) in [6.45, 7) is 4.60. The highest BCUT2D eigenvalue weighted by Gasteiger charge is 2.21. The lowest BCUT2D eigenvalue weighted by Gasteiger charge is -2.26. The van der Waals surface area contributed by atoms with E-state index in [1.54, 1.807) is 0 Å². The van der Waals surface area contributed by atoms with Crippen LogP contribution in [0.3, 0.4) is 0 Å². The van der Waals surface area contributed by atoms with Crippen molar-refractivity contribution < 1.29 is 9.53 Å². The normalized spacial score (nSPS) is 22.9. The van der Waals surface area contributed by atoms with E-state index >= 15 is 0 Å². The van der Waals surface area contributed by atoms with Crippen LogP contribution in [0.15, 0.2) is 18.2 Å².